The number of aliphatic hydroxyl groups excluding tert-OH is 1. The zero-order valence-electron chi connectivity index (χ0n) is 13.0. The van der Waals surface area contributed by atoms with Gasteiger partial charge in [-0.15, -0.1) is 0 Å². The van der Waals surface area contributed by atoms with Crippen molar-refractivity contribution in [3.05, 3.63) is 0 Å². The molecule has 1 rings (SSSR count). The van der Waals surface area contributed by atoms with Gasteiger partial charge in [0.25, 0.3) is 0 Å². The van der Waals surface area contributed by atoms with Gasteiger partial charge in [-0.3, -0.25) is 0 Å². The molecule has 5 atom stereocenters. The molecule has 0 saturated carbocycles. The van der Waals surface area contributed by atoms with Gasteiger partial charge in [0.1, 0.15) is 5.60 Å². The van der Waals surface area contributed by atoms with Crippen LogP contribution in [0.25, 0.3) is 0 Å². The zero-order chi connectivity index (χ0) is 15.1. The van der Waals surface area contributed by atoms with Crippen molar-refractivity contribution in [2.45, 2.75) is 63.4 Å². The minimum absolute atomic E-state index is 0.170. The molecule has 0 radical (unpaired) electrons. The van der Waals surface area contributed by atoms with E-state index in [0.29, 0.717) is 6.42 Å². The number of rotatable bonds is 4. The van der Waals surface area contributed by atoms with E-state index in [1.807, 2.05) is 20.8 Å². The first-order valence-electron chi connectivity index (χ1n) is 6.83. The Morgan fingerprint density at radius 3 is 2.16 bits per heavy atom. The number of aliphatic hydroxyl groups is 2. The van der Waals surface area contributed by atoms with E-state index in [1.54, 1.807) is 21.0 Å². The molecule has 1 heterocycles. The minimum atomic E-state index is -1.18. The van der Waals surface area contributed by atoms with Crippen LogP contribution in [0.3, 0.4) is 0 Å². The standard InChI is InChI=1S/C14H29NO4/c1-7-10-11(2,8-16)19-12(3,9-18-6)14(5,15)13(10,4)17/h10,16-17H,7-9,15H2,1-6H3/t10-,11?,12+,13-,14?/m1/s1. The first-order valence-corrected chi connectivity index (χ1v) is 6.83. The molecular weight excluding hydrogens is 246 g/mol. The second kappa shape index (κ2) is 4.97. The van der Waals surface area contributed by atoms with Gasteiger partial charge in [-0.25, -0.2) is 0 Å². The van der Waals surface area contributed by atoms with Crippen LogP contribution in [-0.4, -0.2) is 52.9 Å². The Labute approximate surface area is 116 Å². The predicted octanol–water partition coefficient (Wildman–Crippen LogP) is 0.667. The molecule has 0 amide bonds. The molecule has 0 bridgehead atoms. The van der Waals surface area contributed by atoms with Gasteiger partial charge in [-0.1, -0.05) is 6.92 Å². The fourth-order valence-electron chi connectivity index (χ4n) is 3.61. The van der Waals surface area contributed by atoms with E-state index in [1.165, 1.54) is 0 Å². The number of ether oxygens (including phenoxy) is 2. The summed E-state index contributed by atoms with van der Waals surface area (Å²) in [6.07, 6.45) is 0.667. The summed E-state index contributed by atoms with van der Waals surface area (Å²) in [5.74, 6) is -0.259. The lowest BCUT2D eigenvalue weighted by Gasteiger charge is -2.63. The largest absolute Gasteiger partial charge is 0.393 e. The SMILES string of the molecule is CC[C@@H]1C(C)(CO)O[C@@](C)(COC)C(C)(N)[C@]1(C)O. The summed E-state index contributed by atoms with van der Waals surface area (Å²) in [4.78, 5) is 0. The number of hydrogen-bond acceptors (Lipinski definition) is 5. The van der Waals surface area contributed by atoms with Crippen LogP contribution in [0.4, 0.5) is 0 Å². The van der Waals surface area contributed by atoms with Gasteiger partial charge in [-0.05, 0) is 34.1 Å². The maximum absolute atomic E-state index is 11.0. The fraction of sp³-hybridized carbons (Fsp3) is 1.00. The van der Waals surface area contributed by atoms with Crippen LogP contribution in [0.1, 0.15) is 41.0 Å². The molecule has 1 fully saturated rings. The highest BCUT2D eigenvalue weighted by atomic mass is 16.6. The van der Waals surface area contributed by atoms with E-state index in [2.05, 4.69) is 0 Å². The van der Waals surface area contributed by atoms with Crippen molar-refractivity contribution in [1.29, 1.82) is 0 Å². The molecule has 19 heavy (non-hydrogen) atoms. The Morgan fingerprint density at radius 1 is 1.26 bits per heavy atom. The second-order valence-corrected chi connectivity index (χ2v) is 6.55. The van der Waals surface area contributed by atoms with Crippen LogP contribution in [-0.2, 0) is 9.47 Å². The van der Waals surface area contributed by atoms with Gasteiger partial charge in [0.2, 0.25) is 0 Å². The Hall–Kier alpha value is -0.200. The van der Waals surface area contributed by atoms with Gasteiger partial charge in [0.15, 0.2) is 0 Å². The molecule has 5 nitrogen and oxygen atoms in total. The van der Waals surface area contributed by atoms with Crippen molar-refractivity contribution < 1.29 is 19.7 Å². The smallest absolute Gasteiger partial charge is 0.110 e. The molecule has 0 spiro atoms. The summed E-state index contributed by atoms with van der Waals surface area (Å²) in [6.45, 7) is 9.20. The van der Waals surface area contributed by atoms with Crippen LogP contribution in [0.2, 0.25) is 0 Å². The molecule has 0 aromatic heterocycles. The summed E-state index contributed by atoms with van der Waals surface area (Å²) >= 11 is 0. The van der Waals surface area contributed by atoms with E-state index in [9.17, 15) is 10.2 Å². The number of nitrogens with two attached hydrogens (primary N) is 1. The molecule has 1 saturated heterocycles. The van der Waals surface area contributed by atoms with Gasteiger partial charge >= 0.3 is 0 Å². The summed E-state index contributed by atoms with van der Waals surface area (Å²) in [5.41, 5.74) is 2.53. The average Bonchev–Trinajstić information content (AvgIpc) is 2.27. The third-order valence-electron chi connectivity index (χ3n) is 5.17. The van der Waals surface area contributed by atoms with Crippen molar-refractivity contribution in [2.24, 2.45) is 11.7 Å². The monoisotopic (exact) mass is 275 g/mol. The molecule has 4 N–H and O–H groups in total. The van der Waals surface area contributed by atoms with Crippen LogP contribution >= 0.6 is 0 Å². The van der Waals surface area contributed by atoms with Crippen molar-refractivity contribution in [1.82, 2.24) is 0 Å². The normalized spacial score (nSPS) is 51.3. The minimum Gasteiger partial charge on any atom is -0.393 e. The maximum atomic E-state index is 11.0. The molecule has 0 aromatic carbocycles. The van der Waals surface area contributed by atoms with E-state index in [4.69, 9.17) is 15.2 Å². The fourth-order valence-corrected chi connectivity index (χ4v) is 3.61. The van der Waals surface area contributed by atoms with E-state index < -0.39 is 22.3 Å². The summed E-state index contributed by atoms with van der Waals surface area (Å²) < 4.78 is 11.4. The predicted molar refractivity (Wildman–Crippen MR) is 73.9 cm³/mol. The molecule has 1 aliphatic rings. The second-order valence-electron chi connectivity index (χ2n) is 6.55. The number of methoxy groups -OCH3 is 1. The third kappa shape index (κ3) is 2.21. The molecule has 114 valence electrons. The Bertz CT molecular complexity index is 325. The lowest BCUT2D eigenvalue weighted by Crippen LogP contribution is -2.81. The summed E-state index contributed by atoms with van der Waals surface area (Å²) in [7, 11) is 1.57. The van der Waals surface area contributed by atoms with Gasteiger partial charge in [0.05, 0.1) is 30.0 Å². The topological polar surface area (TPSA) is 84.9 Å². The maximum Gasteiger partial charge on any atom is 0.110 e. The van der Waals surface area contributed by atoms with E-state index >= 15 is 0 Å². The van der Waals surface area contributed by atoms with Gasteiger partial charge in [-0.2, -0.15) is 0 Å². The number of hydrogen-bond donors (Lipinski definition) is 3. The average molecular weight is 275 g/mol. The zero-order valence-corrected chi connectivity index (χ0v) is 13.0. The van der Waals surface area contributed by atoms with Crippen molar-refractivity contribution in [2.75, 3.05) is 20.3 Å². The van der Waals surface area contributed by atoms with Gasteiger partial charge in [0, 0.05) is 13.0 Å². The highest BCUT2D eigenvalue weighted by Crippen LogP contribution is 2.51. The molecule has 5 heteroatoms. The molecule has 2 unspecified atom stereocenters. The van der Waals surface area contributed by atoms with E-state index in [-0.39, 0.29) is 19.1 Å². The van der Waals surface area contributed by atoms with Crippen molar-refractivity contribution in [3.63, 3.8) is 0 Å². The summed E-state index contributed by atoms with van der Waals surface area (Å²) in [5, 5.41) is 20.8. The molecule has 1 aliphatic heterocycles. The lowest BCUT2D eigenvalue weighted by atomic mass is 9.58. The van der Waals surface area contributed by atoms with Crippen LogP contribution in [0, 0.1) is 5.92 Å². The van der Waals surface area contributed by atoms with Crippen molar-refractivity contribution >= 4 is 0 Å². The summed E-state index contributed by atoms with van der Waals surface area (Å²) in [6, 6.07) is 0. The van der Waals surface area contributed by atoms with Gasteiger partial charge < -0.3 is 25.4 Å². The lowest BCUT2D eigenvalue weighted by molar-refractivity contribution is -0.318. The van der Waals surface area contributed by atoms with Crippen LogP contribution in [0.5, 0.6) is 0 Å². The Balaban J connectivity index is 3.36. The molecule has 0 aromatic rings. The first-order chi connectivity index (χ1) is 8.52. The quantitative estimate of drug-likeness (QED) is 0.702. The van der Waals surface area contributed by atoms with Crippen LogP contribution < -0.4 is 5.73 Å². The molecular formula is C14H29NO4. The highest BCUT2D eigenvalue weighted by Gasteiger charge is 2.66. The Kier molecular flexibility index (Phi) is 4.41. The van der Waals surface area contributed by atoms with Crippen LogP contribution in [0.15, 0.2) is 0 Å². The van der Waals surface area contributed by atoms with E-state index in [0.717, 1.165) is 0 Å². The molecule has 0 aliphatic carbocycles. The third-order valence-corrected chi connectivity index (χ3v) is 5.17. The Morgan fingerprint density at radius 2 is 1.79 bits per heavy atom. The first kappa shape index (κ1) is 16.9. The van der Waals surface area contributed by atoms with Crippen molar-refractivity contribution in [3.8, 4) is 0 Å². The highest BCUT2D eigenvalue weighted by molar-refractivity contribution is 5.19.